The molecule has 28 heavy (non-hydrogen) atoms. The normalized spacial score (nSPS) is 13.5. The summed E-state index contributed by atoms with van der Waals surface area (Å²) < 4.78 is 0. The number of carbonyl (C=O) groups is 1. The van der Waals surface area contributed by atoms with Crippen molar-refractivity contribution < 1.29 is 4.79 Å². The minimum absolute atomic E-state index is 0.0738. The van der Waals surface area contributed by atoms with Gasteiger partial charge in [-0.3, -0.25) is 4.79 Å². The molecule has 3 aromatic rings. The molecule has 0 aliphatic carbocycles. The van der Waals surface area contributed by atoms with Crippen molar-refractivity contribution in [1.29, 1.82) is 0 Å². The molecule has 1 saturated heterocycles. The zero-order valence-corrected chi connectivity index (χ0v) is 16.1. The van der Waals surface area contributed by atoms with Crippen molar-refractivity contribution in [2.75, 3.05) is 18.0 Å². The molecule has 1 aliphatic rings. The van der Waals surface area contributed by atoms with Crippen LogP contribution in [0.2, 0.25) is 0 Å². The van der Waals surface area contributed by atoms with Crippen LogP contribution in [0.1, 0.15) is 34.3 Å². The number of anilines is 1. The molecule has 1 N–H and O–H groups in total. The van der Waals surface area contributed by atoms with Gasteiger partial charge < -0.3 is 10.2 Å². The van der Waals surface area contributed by atoms with E-state index >= 15 is 0 Å². The Morgan fingerprint density at radius 3 is 2.54 bits per heavy atom. The molecule has 2 heterocycles. The highest BCUT2D eigenvalue weighted by atomic mass is 16.1. The largest absolute Gasteiger partial charge is 0.357 e. The number of aryl methyl sites for hydroxylation is 1. The summed E-state index contributed by atoms with van der Waals surface area (Å²) in [5, 5.41) is 2.99. The van der Waals surface area contributed by atoms with Crippen molar-refractivity contribution in [3.63, 3.8) is 0 Å². The molecule has 0 spiro atoms. The van der Waals surface area contributed by atoms with Crippen molar-refractivity contribution in [2.24, 2.45) is 0 Å². The van der Waals surface area contributed by atoms with Crippen molar-refractivity contribution in [3.8, 4) is 11.3 Å². The highest BCUT2D eigenvalue weighted by Gasteiger charge is 2.14. The van der Waals surface area contributed by atoms with Gasteiger partial charge in [-0.1, -0.05) is 36.4 Å². The van der Waals surface area contributed by atoms with Crippen LogP contribution in [0.4, 0.5) is 5.82 Å². The maximum absolute atomic E-state index is 12.5. The lowest BCUT2D eigenvalue weighted by Crippen LogP contribution is -2.23. The number of amides is 1. The van der Waals surface area contributed by atoms with Crippen LogP contribution < -0.4 is 10.2 Å². The van der Waals surface area contributed by atoms with E-state index in [0.717, 1.165) is 35.7 Å². The molecular weight excluding hydrogens is 348 g/mol. The summed E-state index contributed by atoms with van der Waals surface area (Å²) in [5.41, 5.74) is 4.81. The number of nitrogens with one attached hydrogen (secondary N) is 1. The van der Waals surface area contributed by atoms with Crippen LogP contribution in [-0.2, 0) is 6.54 Å². The molecule has 0 saturated carbocycles. The number of hydrogen-bond donors (Lipinski definition) is 1. The van der Waals surface area contributed by atoms with Gasteiger partial charge in [-0.05, 0) is 43.0 Å². The molecule has 1 fully saturated rings. The van der Waals surface area contributed by atoms with E-state index in [9.17, 15) is 4.79 Å². The molecule has 0 radical (unpaired) electrons. The lowest BCUT2D eigenvalue weighted by molar-refractivity contribution is 0.0951. The fraction of sp³-hybridized carbons (Fsp3) is 0.261. The smallest absolute Gasteiger partial charge is 0.251 e. The van der Waals surface area contributed by atoms with E-state index in [4.69, 9.17) is 0 Å². The molecule has 142 valence electrons. The minimum Gasteiger partial charge on any atom is -0.357 e. The SMILES string of the molecule is Cc1ccccc1CNC(=O)c1ccc(-c2cc(N3CCCC3)ncn2)cc1. The zero-order chi connectivity index (χ0) is 19.3. The maximum Gasteiger partial charge on any atom is 0.251 e. The Labute approximate surface area is 165 Å². The summed E-state index contributed by atoms with van der Waals surface area (Å²) in [4.78, 5) is 23.6. The van der Waals surface area contributed by atoms with Crippen LogP contribution in [0, 0.1) is 6.92 Å². The van der Waals surface area contributed by atoms with E-state index in [1.807, 2.05) is 48.5 Å². The second-order valence-corrected chi connectivity index (χ2v) is 7.14. The third kappa shape index (κ3) is 4.03. The first-order chi connectivity index (χ1) is 13.7. The topological polar surface area (TPSA) is 58.1 Å². The molecule has 0 unspecified atom stereocenters. The fourth-order valence-corrected chi connectivity index (χ4v) is 3.50. The standard InChI is InChI=1S/C23H24N4O/c1-17-6-2-3-7-20(17)15-24-23(28)19-10-8-18(9-11-19)21-14-22(26-16-25-21)27-12-4-5-13-27/h2-3,6-11,14,16H,4-5,12-13,15H2,1H3,(H,24,28). The summed E-state index contributed by atoms with van der Waals surface area (Å²) in [7, 11) is 0. The van der Waals surface area contributed by atoms with E-state index in [0.29, 0.717) is 12.1 Å². The Morgan fingerprint density at radius 2 is 1.79 bits per heavy atom. The Hall–Kier alpha value is -3.21. The Morgan fingerprint density at radius 1 is 1.04 bits per heavy atom. The van der Waals surface area contributed by atoms with Crippen LogP contribution in [0.3, 0.4) is 0 Å². The van der Waals surface area contributed by atoms with Crippen molar-refractivity contribution in [2.45, 2.75) is 26.3 Å². The predicted molar refractivity (Wildman–Crippen MR) is 111 cm³/mol. The Balaban J connectivity index is 1.44. The van der Waals surface area contributed by atoms with E-state index in [2.05, 4.69) is 33.2 Å². The molecule has 1 aromatic heterocycles. The van der Waals surface area contributed by atoms with Crippen molar-refractivity contribution in [1.82, 2.24) is 15.3 Å². The number of benzene rings is 2. The third-order valence-corrected chi connectivity index (χ3v) is 5.23. The second kappa shape index (κ2) is 8.21. The molecule has 1 aliphatic heterocycles. The molecule has 0 bridgehead atoms. The van der Waals surface area contributed by atoms with Gasteiger partial charge in [-0.2, -0.15) is 0 Å². The van der Waals surface area contributed by atoms with E-state index in [1.165, 1.54) is 18.4 Å². The lowest BCUT2D eigenvalue weighted by atomic mass is 10.1. The van der Waals surface area contributed by atoms with Gasteiger partial charge in [0.05, 0.1) is 5.69 Å². The van der Waals surface area contributed by atoms with Gasteiger partial charge in [0, 0.05) is 36.8 Å². The number of carbonyl (C=O) groups excluding carboxylic acids is 1. The average molecular weight is 372 g/mol. The van der Waals surface area contributed by atoms with Gasteiger partial charge in [0.1, 0.15) is 12.1 Å². The molecule has 2 aromatic carbocycles. The molecular formula is C23H24N4O. The van der Waals surface area contributed by atoms with Gasteiger partial charge in [0.25, 0.3) is 5.91 Å². The second-order valence-electron chi connectivity index (χ2n) is 7.14. The highest BCUT2D eigenvalue weighted by Crippen LogP contribution is 2.23. The monoisotopic (exact) mass is 372 g/mol. The zero-order valence-electron chi connectivity index (χ0n) is 16.1. The predicted octanol–water partition coefficient (Wildman–Crippen LogP) is 3.98. The van der Waals surface area contributed by atoms with E-state index in [-0.39, 0.29) is 5.91 Å². The Kier molecular flexibility index (Phi) is 5.33. The van der Waals surface area contributed by atoms with Gasteiger partial charge in [0.15, 0.2) is 0 Å². The molecule has 5 nitrogen and oxygen atoms in total. The van der Waals surface area contributed by atoms with Crippen LogP contribution >= 0.6 is 0 Å². The van der Waals surface area contributed by atoms with Gasteiger partial charge in [0.2, 0.25) is 0 Å². The summed E-state index contributed by atoms with van der Waals surface area (Å²) in [6.45, 7) is 4.68. The van der Waals surface area contributed by atoms with Gasteiger partial charge in [-0.25, -0.2) is 9.97 Å². The number of hydrogen-bond acceptors (Lipinski definition) is 4. The number of rotatable bonds is 5. The average Bonchev–Trinajstić information content (AvgIpc) is 3.28. The van der Waals surface area contributed by atoms with Crippen LogP contribution in [0.25, 0.3) is 11.3 Å². The van der Waals surface area contributed by atoms with Crippen LogP contribution in [0.5, 0.6) is 0 Å². The highest BCUT2D eigenvalue weighted by molar-refractivity contribution is 5.94. The molecule has 1 amide bonds. The van der Waals surface area contributed by atoms with Crippen molar-refractivity contribution >= 4 is 11.7 Å². The van der Waals surface area contributed by atoms with Crippen LogP contribution in [0.15, 0.2) is 60.9 Å². The van der Waals surface area contributed by atoms with Crippen LogP contribution in [-0.4, -0.2) is 29.0 Å². The summed E-state index contributed by atoms with van der Waals surface area (Å²) in [6, 6.07) is 17.7. The molecule has 4 rings (SSSR count). The summed E-state index contributed by atoms with van der Waals surface area (Å²) in [6.07, 6.45) is 4.04. The molecule has 0 atom stereocenters. The van der Waals surface area contributed by atoms with Gasteiger partial charge >= 0.3 is 0 Å². The Bertz CT molecular complexity index is 962. The summed E-state index contributed by atoms with van der Waals surface area (Å²) >= 11 is 0. The lowest BCUT2D eigenvalue weighted by Gasteiger charge is -2.16. The number of aromatic nitrogens is 2. The van der Waals surface area contributed by atoms with Gasteiger partial charge in [-0.15, -0.1) is 0 Å². The quantitative estimate of drug-likeness (QED) is 0.736. The first-order valence-electron chi connectivity index (χ1n) is 9.71. The van der Waals surface area contributed by atoms with E-state index < -0.39 is 0 Å². The fourth-order valence-electron chi connectivity index (χ4n) is 3.50. The first-order valence-corrected chi connectivity index (χ1v) is 9.71. The maximum atomic E-state index is 12.5. The minimum atomic E-state index is -0.0738. The summed E-state index contributed by atoms with van der Waals surface area (Å²) in [5.74, 6) is 0.901. The third-order valence-electron chi connectivity index (χ3n) is 5.23. The number of nitrogens with zero attached hydrogens (tertiary/aromatic N) is 3. The van der Waals surface area contributed by atoms with Crippen molar-refractivity contribution in [3.05, 3.63) is 77.6 Å². The first kappa shape index (κ1) is 18.2. The molecule has 5 heteroatoms. The van der Waals surface area contributed by atoms with E-state index in [1.54, 1.807) is 6.33 Å².